The molecule has 11 nitrogen and oxygen atoms in total. The van der Waals surface area contributed by atoms with Crippen molar-refractivity contribution in [1.82, 2.24) is 10.2 Å². The smallest absolute Gasteiger partial charge is 0.303 e. The van der Waals surface area contributed by atoms with Crippen LogP contribution in [0.2, 0.25) is 0 Å². The van der Waals surface area contributed by atoms with Crippen LogP contribution in [0.4, 0.5) is 11.4 Å². The van der Waals surface area contributed by atoms with Gasteiger partial charge < -0.3 is 40.1 Å². The number of likely N-dealkylation sites (tertiary alicyclic amines) is 1. The summed E-state index contributed by atoms with van der Waals surface area (Å²) in [5, 5.41) is 24.4. The second-order valence-corrected chi connectivity index (χ2v) is 13.0. The van der Waals surface area contributed by atoms with Crippen LogP contribution in [0, 0.1) is 5.92 Å². The van der Waals surface area contributed by atoms with Gasteiger partial charge in [0.2, 0.25) is 11.8 Å². The molecule has 11 heteroatoms. The summed E-state index contributed by atoms with van der Waals surface area (Å²) in [4.78, 5) is 41.1. The first-order valence-electron chi connectivity index (χ1n) is 16.7. The van der Waals surface area contributed by atoms with Gasteiger partial charge in [0.05, 0.1) is 25.5 Å². The van der Waals surface area contributed by atoms with Crippen molar-refractivity contribution in [2.75, 3.05) is 36.5 Å². The van der Waals surface area contributed by atoms with Crippen molar-refractivity contribution >= 4 is 29.2 Å². The van der Waals surface area contributed by atoms with Crippen molar-refractivity contribution in [3.8, 4) is 0 Å². The zero-order valence-electron chi connectivity index (χ0n) is 27.2. The van der Waals surface area contributed by atoms with Gasteiger partial charge in [0.1, 0.15) is 5.54 Å². The zero-order valence-corrected chi connectivity index (χ0v) is 27.2. The van der Waals surface area contributed by atoms with Crippen LogP contribution >= 0.6 is 0 Å². The molecular formula is C37H44N4O7. The molecule has 4 N–H and O–H groups in total. The Labute approximate surface area is 280 Å². The maximum atomic E-state index is 13.2. The quantitative estimate of drug-likeness (QED) is 0.233. The number of anilines is 2. The maximum absolute atomic E-state index is 13.2. The second-order valence-electron chi connectivity index (χ2n) is 13.0. The number of carbonyl (C=O) groups excluding carboxylic acids is 2. The van der Waals surface area contributed by atoms with Crippen LogP contribution in [-0.2, 0) is 30.5 Å². The Morgan fingerprint density at radius 1 is 0.958 bits per heavy atom. The highest BCUT2D eigenvalue weighted by Crippen LogP contribution is 2.43. The van der Waals surface area contributed by atoms with E-state index in [-0.39, 0.29) is 55.8 Å². The van der Waals surface area contributed by atoms with E-state index in [4.69, 9.17) is 14.6 Å². The highest BCUT2D eigenvalue weighted by molar-refractivity contribution is 5.93. The standard InChI is InChI=1S/C37H44N4O7/c1-25-31(22-40-19-17-37(18-20-40)36(46)38-24-41(37)30-9-3-2-4-10-30)47-35(48-34(25)27-15-13-26(23-42)14-16-27)28-7-5-8-29(21-28)39-32(43)11-6-12-33(44)45/h2-5,7-10,13-16,21,25,31,34-35,42H,6,11-12,17-20,22-24H2,1H3,(H,38,46)(H,39,43)(H,44,45). The molecule has 3 saturated heterocycles. The lowest BCUT2D eigenvalue weighted by atomic mass is 9.84. The first-order valence-corrected chi connectivity index (χ1v) is 16.7. The fraction of sp³-hybridized carbons (Fsp3) is 0.432. The molecule has 0 aromatic heterocycles. The number of aliphatic hydroxyl groups is 1. The molecule has 48 heavy (non-hydrogen) atoms. The summed E-state index contributed by atoms with van der Waals surface area (Å²) in [5.74, 6) is -1.10. The summed E-state index contributed by atoms with van der Waals surface area (Å²) in [7, 11) is 0. The molecule has 3 aliphatic rings. The van der Waals surface area contributed by atoms with Crippen molar-refractivity contribution < 1.29 is 34.1 Å². The van der Waals surface area contributed by atoms with Crippen LogP contribution in [0.3, 0.4) is 0 Å². The van der Waals surface area contributed by atoms with E-state index < -0.39 is 17.8 Å². The molecule has 6 rings (SSSR count). The molecule has 1 spiro atoms. The minimum atomic E-state index is -0.928. The Balaban J connectivity index is 1.18. The summed E-state index contributed by atoms with van der Waals surface area (Å²) in [6.07, 6.45) is 0.526. The molecular weight excluding hydrogens is 612 g/mol. The molecule has 2 amide bonds. The summed E-state index contributed by atoms with van der Waals surface area (Å²) < 4.78 is 13.3. The van der Waals surface area contributed by atoms with Gasteiger partial charge in [-0.2, -0.15) is 0 Å². The summed E-state index contributed by atoms with van der Waals surface area (Å²) >= 11 is 0. The number of amides is 2. The lowest BCUT2D eigenvalue weighted by Gasteiger charge is -2.46. The number of carboxylic acid groups (broad SMARTS) is 1. The SMILES string of the molecule is CC1C(CN2CCC3(CC2)C(=O)NCN3c2ccccc2)OC(c2cccc(NC(=O)CCCC(=O)O)c2)OC1c1ccc(CO)cc1. The van der Waals surface area contributed by atoms with E-state index in [1.54, 1.807) is 6.07 Å². The van der Waals surface area contributed by atoms with Gasteiger partial charge in [0.25, 0.3) is 0 Å². The van der Waals surface area contributed by atoms with Crippen LogP contribution in [0.15, 0.2) is 78.9 Å². The van der Waals surface area contributed by atoms with Gasteiger partial charge in [-0.1, -0.05) is 61.5 Å². The van der Waals surface area contributed by atoms with Gasteiger partial charge in [-0.15, -0.1) is 0 Å². The van der Waals surface area contributed by atoms with Crippen molar-refractivity contribution in [3.05, 3.63) is 95.6 Å². The zero-order chi connectivity index (χ0) is 33.7. The number of carbonyl (C=O) groups is 3. The van der Waals surface area contributed by atoms with E-state index >= 15 is 0 Å². The number of aliphatic carboxylic acids is 1. The highest BCUT2D eigenvalue weighted by atomic mass is 16.7. The van der Waals surface area contributed by atoms with Crippen LogP contribution in [0.5, 0.6) is 0 Å². The molecule has 4 unspecified atom stereocenters. The van der Waals surface area contributed by atoms with Gasteiger partial charge in [0, 0.05) is 55.3 Å². The average molecular weight is 657 g/mol. The van der Waals surface area contributed by atoms with Gasteiger partial charge in [-0.05, 0) is 54.7 Å². The monoisotopic (exact) mass is 656 g/mol. The first-order chi connectivity index (χ1) is 23.3. The number of para-hydroxylation sites is 1. The lowest BCUT2D eigenvalue weighted by molar-refractivity contribution is -0.276. The van der Waals surface area contributed by atoms with Gasteiger partial charge in [-0.25, -0.2) is 0 Å². The van der Waals surface area contributed by atoms with E-state index in [9.17, 15) is 19.5 Å². The molecule has 3 aromatic rings. The van der Waals surface area contributed by atoms with E-state index in [2.05, 4.69) is 39.5 Å². The average Bonchev–Trinajstić information content (AvgIpc) is 3.41. The van der Waals surface area contributed by atoms with Crippen molar-refractivity contribution in [3.63, 3.8) is 0 Å². The number of aliphatic hydroxyl groups excluding tert-OH is 1. The summed E-state index contributed by atoms with van der Waals surface area (Å²) in [6, 6.07) is 25.2. The number of nitrogens with one attached hydrogen (secondary N) is 2. The number of benzene rings is 3. The third-order valence-electron chi connectivity index (χ3n) is 9.89. The van der Waals surface area contributed by atoms with Crippen LogP contribution in [-0.4, -0.2) is 70.8 Å². The molecule has 3 heterocycles. The number of hydrogen-bond donors (Lipinski definition) is 4. The molecule has 3 fully saturated rings. The first kappa shape index (κ1) is 33.6. The third kappa shape index (κ3) is 7.39. The number of hydrogen-bond acceptors (Lipinski definition) is 8. The summed E-state index contributed by atoms with van der Waals surface area (Å²) in [5.41, 5.74) is 3.62. The molecule has 0 saturated carbocycles. The normalized spacial score (nSPS) is 24.0. The fourth-order valence-electron chi connectivity index (χ4n) is 7.11. The van der Waals surface area contributed by atoms with Crippen molar-refractivity contribution in [2.45, 2.75) is 69.7 Å². The molecule has 0 bridgehead atoms. The molecule has 4 atom stereocenters. The molecule has 0 aliphatic carbocycles. The minimum absolute atomic E-state index is 0.00942. The molecule has 0 radical (unpaired) electrons. The topological polar surface area (TPSA) is 141 Å². The van der Waals surface area contributed by atoms with Crippen molar-refractivity contribution in [2.24, 2.45) is 5.92 Å². The second kappa shape index (κ2) is 14.9. The Morgan fingerprint density at radius 3 is 2.42 bits per heavy atom. The predicted octanol–water partition coefficient (Wildman–Crippen LogP) is 4.59. The Kier molecular flexibility index (Phi) is 10.4. The number of rotatable bonds is 11. The number of nitrogens with zero attached hydrogens (tertiary/aromatic N) is 2. The van der Waals surface area contributed by atoms with Crippen LogP contribution in [0.1, 0.15) is 68.1 Å². The number of piperidine rings is 1. The number of carboxylic acids is 1. The van der Waals surface area contributed by atoms with E-state index in [1.807, 2.05) is 60.7 Å². The van der Waals surface area contributed by atoms with Gasteiger partial charge in [-0.3, -0.25) is 14.4 Å². The predicted molar refractivity (Wildman–Crippen MR) is 180 cm³/mol. The molecule has 3 aliphatic heterocycles. The highest BCUT2D eigenvalue weighted by Gasteiger charge is 2.51. The summed E-state index contributed by atoms with van der Waals surface area (Å²) in [6.45, 7) is 4.74. The van der Waals surface area contributed by atoms with E-state index in [1.165, 1.54) is 0 Å². The van der Waals surface area contributed by atoms with Crippen molar-refractivity contribution in [1.29, 1.82) is 0 Å². The van der Waals surface area contributed by atoms with E-state index in [0.29, 0.717) is 31.7 Å². The van der Waals surface area contributed by atoms with Crippen LogP contribution < -0.4 is 15.5 Å². The Bertz CT molecular complexity index is 1580. The number of ether oxygens (including phenoxy) is 2. The minimum Gasteiger partial charge on any atom is -0.481 e. The largest absolute Gasteiger partial charge is 0.481 e. The molecule has 3 aromatic carbocycles. The third-order valence-corrected chi connectivity index (χ3v) is 9.89. The Morgan fingerprint density at radius 2 is 1.71 bits per heavy atom. The Hall–Kier alpha value is -4.29. The maximum Gasteiger partial charge on any atom is 0.303 e. The lowest BCUT2D eigenvalue weighted by Crippen LogP contribution is -2.57. The van der Waals surface area contributed by atoms with Gasteiger partial charge >= 0.3 is 5.97 Å². The fourth-order valence-corrected chi connectivity index (χ4v) is 7.11. The van der Waals surface area contributed by atoms with Gasteiger partial charge in [0.15, 0.2) is 6.29 Å². The van der Waals surface area contributed by atoms with E-state index in [0.717, 1.165) is 35.5 Å². The van der Waals surface area contributed by atoms with Crippen LogP contribution in [0.25, 0.3) is 0 Å². The molecule has 254 valence electrons.